The molecule has 0 N–H and O–H groups in total. The van der Waals surface area contributed by atoms with Crippen molar-refractivity contribution in [1.29, 1.82) is 0 Å². The second-order valence-electron chi connectivity index (χ2n) is 13.3. The zero-order chi connectivity index (χ0) is 34.4. The maximum absolute atomic E-state index is 2.47. The Labute approximate surface area is 303 Å². The molecule has 1 heterocycles. The van der Waals surface area contributed by atoms with Crippen LogP contribution >= 0.6 is 0 Å². The van der Waals surface area contributed by atoms with Gasteiger partial charge in [0.25, 0.3) is 0 Å². The molecule has 0 saturated carbocycles. The quantitative estimate of drug-likeness (QED) is 0.172. The minimum atomic E-state index is 1.12. The Hall–Kier alpha value is -6.90. The summed E-state index contributed by atoms with van der Waals surface area (Å²) >= 11 is 0. The lowest BCUT2D eigenvalue weighted by molar-refractivity contribution is 1.19. The number of para-hydroxylation sites is 4. The molecule has 0 fully saturated rings. The van der Waals surface area contributed by atoms with Crippen molar-refractivity contribution >= 4 is 60.4 Å². The molecule has 10 aromatic rings. The monoisotopic (exact) mass is 662 g/mol. The first-order valence-electron chi connectivity index (χ1n) is 17.9. The fraction of sp³-hybridized carbons (Fsp3) is 0. The average molecular weight is 663 g/mol. The average Bonchev–Trinajstić information content (AvgIpc) is 3.56. The van der Waals surface area contributed by atoms with Crippen LogP contribution in [0.1, 0.15) is 0 Å². The van der Waals surface area contributed by atoms with Gasteiger partial charge >= 0.3 is 0 Å². The molecular weight excluding hydrogens is 629 g/mol. The van der Waals surface area contributed by atoms with Crippen molar-refractivity contribution in [2.75, 3.05) is 4.90 Å². The van der Waals surface area contributed by atoms with Crippen LogP contribution in [0.4, 0.5) is 17.1 Å². The molecule has 0 radical (unpaired) electrons. The van der Waals surface area contributed by atoms with E-state index in [0.717, 1.165) is 28.3 Å². The van der Waals surface area contributed by atoms with Gasteiger partial charge in [-0.15, -0.1) is 0 Å². The van der Waals surface area contributed by atoms with E-state index in [9.17, 15) is 0 Å². The van der Waals surface area contributed by atoms with Gasteiger partial charge in [0.2, 0.25) is 0 Å². The molecule has 52 heavy (non-hydrogen) atoms. The van der Waals surface area contributed by atoms with Crippen molar-refractivity contribution in [2.24, 2.45) is 0 Å². The number of benzene rings is 9. The Kier molecular flexibility index (Phi) is 7.18. The van der Waals surface area contributed by atoms with Crippen LogP contribution in [0.5, 0.6) is 0 Å². The smallest absolute Gasteiger partial charge is 0.0541 e. The van der Waals surface area contributed by atoms with Gasteiger partial charge in [0, 0.05) is 33.0 Å². The Morgan fingerprint density at radius 1 is 0.308 bits per heavy atom. The summed E-state index contributed by atoms with van der Waals surface area (Å²) in [7, 11) is 0. The molecular formula is C50H34N2. The standard InChI is InChI=1S/C50H34N2/c1-2-17-35(18-3-1)40-24-8-12-28-46(40)52(47-32-16-21-36-19-4-7-23-41(36)47)50-31-15-11-27-44(50)45-34-38(33-37-20-5-6-22-39(37)45)51-48-29-13-9-25-42(48)43-26-10-14-30-49(43)51/h1-34H. The second kappa shape index (κ2) is 12.5. The van der Waals surface area contributed by atoms with Crippen LogP contribution in [-0.2, 0) is 0 Å². The van der Waals surface area contributed by atoms with Crippen LogP contribution in [0, 0.1) is 0 Å². The van der Waals surface area contributed by atoms with Gasteiger partial charge in [-0.1, -0.05) is 164 Å². The number of anilines is 3. The first kappa shape index (κ1) is 30.0. The van der Waals surface area contributed by atoms with E-state index >= 15 is 0 Å². The number of hydrogen-bond acceptors (Lipinski definition) is 1. The number of fused-ring (bicyclic) bond motifs is 5. The zero-order valence-electron chi connectivity index (χ0n) is 28.5. The minimum absolute atomic E-state index is 1.12. The largest absolute Gasteiger partial charge is 0.309 e. The van der Waals surface area contributed by atoms with Crippen molar-refractivity contribution < 1.29 is 0 Å². The van der Waals surface area contributed by atoms with Crippen LogP contribution < -0.4 is 4.90 Å². The first-order chi connectivity index (χ1) is 25.8. The highest BCUT2D eigenvalue weighted by atomic mass is 15.1. The summed E-state index contributed by atoms with van der Waals surface area (Å²) in [4.78, 5) is 2.47. The summed E-state index contributed by atoms with van der Waals surface area (Å²) in [5, 5.41) is 7.34. The Bertz CT molecular complexity index is 2860. The summed E-state index contributed by atoms with van der Waals surface area (Å²) in [5.74, 6) is 0. The summed E-state index contributed by atoms with van der Waals surface area (Å²) < 4.78 is 2.43. The molecule has 244 valence electrons. The second-order valence-corrected chi connectivity index (χ2v) is 13.3. The van der Waals surface area contributed by atoms with E-state index in [-0.39, 0.29) is 0 Å². The Morgan fingerprint density at radius 2 is 0.808 bits per heavy atom. The normalized spacial score (nSPS) is 11.5. The molecule has 0 spiro atoms. The fourth-order valence-corrected chi connectivity index (χ4v) is 8.07. The lowest BCUT2D eigenvalue weighted by atomic mass is 9.94. The molecule has 0 atom stereocenters. The molecule has 0 aliphatic heterocycles. The number of rotatable bonds is 6. The molecule has 10 rings (SSSR count). The van der Waals surface area contributed by atoms with Crippen molar-refractivity contribution in [3.8, 4) is 27.9 Å². The number of hydrogen-bond donors (Lipinski definition) is 0. The van der Waals surface area contributed by atoms with Crippen LogP contribution in [0.15, 0.2) is 206 Å². The summed E-state index contributed by atoms with van der Waals surface area (Å²) in [6.45, 7) is 0. The van der Waals surface area contributed by atoms with Crippen molar-refractivity contribution in [3.05, 3.63) is 206 Å². The molecule has 0 aliphatic rings. The van der Waals surface area contributed by atoms with Gasteiger partial charge in [0.15, 0.2) is 0 Å². The SMILES string of the molecule is c1ccc(-c2ccccc2N(c2ccccc2-c2cc(-n3c4ccccc4c4ccccc43)cc3ccccc23)c2cccc3ccccc23)cc1. The number of aromatic nitrogens is 1. The van der Waals surface area contributed by atoms with Crippen LogP contribution in [0.2, 0.25) is 0 Å². The molecule has 0 saturated heterocycles. The lowest BCUT2D eigenvalue weighted by Gasteiger charge is -2.31. The third-order valence-electron chi connectivity index (χ3n) is 10.4. The van der Waals surface area contributed by atoms with E-state index in [4.69, 9.17) is 0 Å². The molecule has 9 aromatic carbocycles. The highest BCUT2D eigenvalue weighted by molar-refractivity contribution is 6.11. The first-order valence-corrected chi connectivity index (χ1v) is 17.9. The van der Waals surface area contributed by atoms with E-state index in [1.807, 2.05) is 0 Å². The summed E-state index contributed by atoms with van der Waals surface area (Å²) in [6.07, 6.45) is 0. The molecule has 0 aliphatic carbocycles. The summed E-state index contributed by atoms with van der Waals surface area (Å²) in [6, 6.07) is 74.8. The highest BCUT2D eigenvalue weighted by Crippen LogP contribution is 2.48. The maximum Gasteiger partial charge on any atom is 0.0541 e. The molecule has 0 unspecified atom stereocenters. The minimum Gasteiger partial charge on any atom is -0.309 e. The predicted octanol–water partition coefficient (Wildman–Crippen LogP) is 13.9. The Balaban J connectivity index is 1.28. The van der Waals surface area contributed by atoms with E-state index in [2.05, 4.69) is 216 Å². The van der Waals surface area contributed by atoms with Crippen molar-refractivity contribution in [1.82, 2.24) is 4.57 Å². The van der Waals surface area contributed by atoms with Gasteiger partial charge in [-0.25, -0.2) is 0 Å². The van der Waals surface area contributed by atoms with Gasteiger partial charge < -0.3 is 9.47 Å². The van der Waals surface area contributed by atoms with Gasteiger partial charge in [0.05, 0.1) is 28.1 Å². The number of nitrogens with zero attached hydrogens (tertiary/aromatic N) is 2. The molecule has 1 aromatic heterocycles. The van der Waals surface area contributed by atoms with Gasteiger partial charge in [0.1, 0.15) is 0 Å². The third kappa shape index (κ3) is 4.88. The molecule has 0 bridgehead atoms. The van der Waals surface area contributed by atoms with E-state index in [0.29, 0.717) is 0 Å². The van der Waals surface area contributed by atoms with Gasteiger partial charge in [-0.3, -0.25) is 0 Å². The van der Waals surface area contributed by atoms with Crippen molar-refractivity contribution in [2.45, 2.75) is 0 Å². The van der Waals surface area contributed by atoms with E-state index < -0.39 is 0 Å². The maximum atomic E-state index is 2.47. The fourth-order valence-electron chi connectivity index (χ4n) is 8.07. The zero-order valence-corrected chi connectivity index (χ0v) is 28.5. The predicted molar refractivity (Wildman–Crippen MR) is 221 cm³/mol. The highest BCUT2D eigenvalue weighted by Gasteiger charge is 2.23. The van der Waals surface area contributed by atoms with Crippen molar-refractivity contribution in [3.63, 3.8) is 0 Å². The topological polar surface area (TPSA) is 8.17 Å². The van der Waals surface area contributed by atoms with E-state index in [1.165, 1.54) is 60.0 Å². The molecule has 2 nitrogen and oxygen atoms in total. The summed E-state index contributed by atoms with van der Waals surface area (Å²) in [5.41, 5.74) is 11.6. The molecule has 2 heteroatoms. The van der Waals surface area contributed by atoms with Gasteiger partial charge in [-0.05, 0) is 69.8 Å². The van der Waals surface area contributed by atoms with Gasteiger partial charge in [-0.2, -0.15) is 0 Å². The lowest BCUT2D eigenvalue weighted by Crippen LogP contribution is -2.13. The third-order valence-corrected chi connectivity index (χ3v) is 10.4. The van der Waals surface area contributed by atoms with Crippen LogP contribution in [0.3, 0.4) is 0 Å². The van der Waals surface area contributed by atoms with Crippen LogP contribution in [-0.4, -0.2) is 4.57 Å². The van der Waals surface area contributed by atoms with Crippen LogP contribution in [0.25, 0.3) is 71.3 Å². The molecule has 0 amide bonds. The Morgan fingerprint density at radius 3 is 1.54 bits per heavy atom. The van der Waals surface area contributed by atoms with E-state index in [1.54, 1.807) is 0 Å².